The summed E-state index contributed by atoms with van der Waals surface area (Å²) in [6.07, 6.45) is 1.76. The van der Waals surface area contributed by atoms with Crippen molar-refractivity contribution in [2.24, 2.45) is 0 Å². The van der Waals surface area contributed by atoms with Crippen LogP contribution in [0, 0.1) is 13.8 Å². The SMILES string of the molecule is Cc1ccc(Nc2ccnc(Nc3ccc(N4CCN(C)CC4)cc3)n2)cc1C. The predicted molar refractivity (Wildman–Crippen MR) is 121 cm³/mol. The topological polar surface area (TPSA) is 56.3 Å². The highest BCUT2D eigenvalue weighted by Crippen LogP contribution is 2.22. The monoisotopic (exact) mass is 388 g/mol. The number of hydrogen-bond acceptors (Lipinski definition) is 6. The van der Waals surface area contributed by atoms with Crippen molar-refractivity contribution >= 4 is 28.8 Å². The lowest BCUT2D eigenvalue weighted by Gasteiger charge is -2.34. The maximum Gasteiger partial charge on any atom is 0.229 e. The number of anilines is 5. The maximum atomic E-state index is 4.59. The molecule has 2 aromatic carbocycles. The van der Waals surface area contributed by atoms with Gasteiger partial charge < -0.3 is 20.4 Å². The minimum atomic E-state index is 0.575. The van der Waals surface area contributed by atoms with Gasteiger partial charge in [0.05, 0.1) is 0 Å². The Kier molecular flexibility index (Phi) is 5.62. The summed E-state index contributed by atoms with van der Waals surface area (Å²) in [7, 11) is 2.17. The van der Waals surface area contributed by atoms with Gasteiger partial charge in [0.1, 0.15) is 5.82 Å². The summed E-state index contributed by atoms with van der Waals surface area (Å²) in [6.45, 7) is 8.57. The molecule has 1 fully saturated rings. The lowest BCUT2D eigenvalue weighted by molar-refractivity contribution is 0.313. The molecule has 1 aliphatic rings. The first-order valence-electron chi connectivity index (χ1n) is 10.0. The number of nitrogens with zero attached hydrogens (tertiary/aromatic N) is 4. The molecule has 0 aliphatic carbocycles. The van der Waals surface area contributed by atoms with Crippen molar-refractivity contribution in [3.63, 3.8) is 0 Å². The third kappa shape index (κ3) is 4.84. The second-order valence-electron chi connectivity index (χ2n) is 7.65. The number of aryl methyl sites for hydroxylation is 2. The van der Waals surface area contributed by atoms with Crippen LogP contribution >= 0.6 is 0 Å². The average molecular weight is 389 g/mol. The van der Waals surface area contributed by atoms with Crippen molar-refractivity contribution in [3.8, 4) is 0 Å². The summed E-state index contributed by atoms with van der Waals surface area (Å²) >= 11 is 0. The minimum Gasteiger partial charge on any atom is -0.369 e. The van der Waals surface area contributed by atoms with Crippen LogP contribution in [0.15, 0.2) is 54.7 Å². The Morgan fingerprint density at radius 2 is 1.52 bits per heavy atom. The molecule has 1 saturated heterocycles. The van der Waals surface area contributed by atoms with Crippen molar-refractivity contribution in [1.82, 2.24) is 14.9 Å². The summed E-state index contributed by atoms with van der Waals surface area (Å²) in [5, 5.41) is 6.65. The fraction of sp³-hybridized carbons (Fsp3) is 0.304. The lowest BCUT2D eigenvalue weighted by Crippen LogP contribution is -2.44. The van der Waals surface area contributed by atoms with Crippen molar-refractivity contribution in [2.75, 3.05) is 48.8 Å². The van der Waals surface area contributed by atoms with E-state index in [1.54, 1.807) is 6.20 Å². The van der Waals surface area contributed by atoms with Crippen LogP contribution in [-0.2, 0) is 0 Å². The summed E-state index contributed by atoms with van der Waals surface area (Å²) in [6, 6.07) is 16.7. The summed E-state index contributed by atoms with van der Waals surface area (Å²) < 4.78 is 0. The van der Waals surface area contributed by atoms with Crippen molar-refractivity contribution in [2.45, 2.75) is 13.8 Å². The van der Waals surface area contributed by atoms with Crippen molar-refractivity contribution in [3.05, 3.63) is 65.9 Å². The van der Waals surface area contributed by atoms with Gasteiger partial charge in [-0.2, -0.15) is 4.98 Å². The number of nitrogens with one attached hydrogen (secondary N) is 2. The molecule has 150 valence electrons. The fourth-order valence-electron chi connectivity index (χ4n) is 3.40. The molecule has 2 N–H and O–H groups in total. The van der Waals surface area contributed by atoms with E-state index in [1.165, 1.54) is 16.8 Å². The molecule has 0 unspecified atom stereocenters. The Morgan fingerprint density at radius 3 is 2.24 bits per heavy atom. The Labute approximate surface area is 172 Å². The van der Waals surface area contributed by atoms with Gasteiger partial charge in [0, 0.05) is 49.4 Å². The Morgan fingerprint density at radius 1 is 0.793 bits per heavy atom. The van der Waals surface area contributed by atoms with Crippen LogP contribution in [0.1, 0.15) is 11.1 Å². The standard InChI is InChI=1S/C23H28N6/c1-17-4-5-20(16-18(17)2)25-22-10-11-24-23(27-22)26-19-6-8-21(9-7-19)29-14-12-28(3)13-15-29/h4-11,16H,12-15H2,1-3H3,(H2,24,25,26,27). The molecule has 0 amide bonds. The molecule has 0 atom stereocenters. The van der Waals surface area contributed by atoms with Gasteiger partial charge in [-0.1, -0.05) is 6.07 Å². The molecule has 0 bridgehead atoms. The van der Waals surface area contributed by atoms with Crippen molar-refractivity contribution in [1.29, 1.82) is 0 Å². The molecular formula is C23H28N6. The normalized spacial score (nSPS) is 14.7. The minimum absolute atomic E-state index is 0.575. The van der Waals surface area contributed by atoms with Gasteiger partial charge in [-0.15, -0.1) is 0 Å². The van der Waals surface area contributed by atoms with Crippen LogP contribution in [0.25, 0.3) is 0 Å². The van der Waals surface area contributed by atoms with Gasteiger partial charge in [0.25, 0.3) is 0 Å². The van der Waals surface area contributed by atoms with Crippen molar-refractivity contribution < 1.29 is 0 Å². The highest BCUT2D eigenvalue weighted by Gasteiger charge is 2.14. The number of benzene rings is 2. The molecule has 1 aromatic heterocycles. The van der Waals surface area contributed by atoms with Gasteiger partial charge in [-0.25, -0.2) is 4.98 Å². The zero-order valence-corrected chi connectivity index (χ0v) is 17.3. The molecule has 0 radical (unpaired) electrons. The zero-order valence-electron chi connectivity index (χ0n) is 17.3. The summed E-state index contributed by atoms with van der Waals surface area (Å²) in [4.78, 5) is 13.7. The van der Waals surface area contributed by atoms with Crippen LogP contribution in [-0.4, -0.2) is 48.1 Å². The van der Waals surface area contributed by atoms with Crippen LogP contribution in [0.4, 0.5) is 28.8 Å². The average Bonchev–Trinajstić information content (AvgIpc) is 2.72. The van der Waals surface area contributed by atoms with E-state index in [9.17, 15) is 0 Å². The largest absolute Gasteiger partial charge is 0.369 e. The molecule has 6 nitrogen and oxygen atoms in total. The van der Waals surface area contributed by atoms with E-state index in [0.29, 0.717) is 5.95 Å². The molecule has 3 aromatic rings. The van der Waals surface area contributed by atoms with E-state index >= 15 is 0 Å². The summed E-state index contributed by atoms with van der Waals surface area (Å²) in [5.74, 6) is 1.34. The lowest BCUT2D eigenvalue weighted by atomic mass is 10.1. The van der Waals surface area contributed by atoms with E-state index in [-0.39, 0.29) is 0 Å². The number of aromatic nitrogens is 2. The molecule has 1 aliphatic heterocycles. The Hall–Kier alpha value is -3.12. The smallest absolute Gasteiger partial charge is 0.229 e. The third-order valence-electron chi connectivity index (χ3n) is 5.43. The van der Waals surface area contributed by atoms with E-state index < -0.39 is 0 Å². The van der Waals surface area contributed by atoms with E-state index in [2.05, 4.69) is 93.8 Å². The van der Waals surface area contributed by atoms with E-state index in [0.717, 1.165) is 43.4 Å². The first-order valence-corrected chi connectivity index (χ1v) is 10.0. The number of likely N-dealkylation sites (N-methyl/N-ethyl adjacent to an activating group) is 1. The highest BCUT2D eigenvalue weighted by atomic mass is 15.2. The van der Waals surface area contributed by atoms with E-state index in [4.69, 9.17) is 0 Å². The van der Waals surface area contributed by atoms with Crippen LogP contribution in [0.2, 0.25) is 0 Å². The van der Waals surface area contributed by atoms with Crippen LogP contribution < -0.4 is 15.5 Å². The highest BCUT2D eigenvalue weighted by molar-refractivity contribution is 5.62. The quantitative estimate of drug-likeness (QED) is 0.678. The van der Waals surface area contributed by atoms with Crippen LogP contribution in [0.5, 0.6) is 0 Å². The Bertz CT molecular complexity index is 961. The van der Waals surface area contributed by atoms with Crippen LogP contribution in [0.3, 0.4) is 0 Å². The Balaban J connectivity index is 1.41. The number of hydrogen-bond donors (Lipinski definition) is 2. The van der Waals surface area contributed by atoms with E-state index in [1.807, 2.05) is 6.07 Å². The molecular weight excluding hydrogens is 360 g/mol. The predicted octanol–water partition coefficient (Wildman–Crippen LogP) is 4.33. The molecule has 2 heterocycles. The number of piperazine rings is 1. The van der Waals surface area contributed by atoms with Gasteiger partial charge in [0.15, 0.2) is 0 Å². The van der Waals surface area contributed by atoms with Gasteiger partial charge >= 0.3 is 0 Å². The fourth-order valence-corrected chi connectivity index (χ4v) is 3.40. The van der Waals surface area contributed by atoms with Gasteiger partial charge in [-0.3, -0.25) is 0 Å². The maximum absolute atomic E-state index is 4.59. The molecule has 29 heavy (non-hydrogen) atoms. The summed E-state index contributed by atoms with van der Waals surface area (Å²) in [5.41, 5.74) is 5.79. The first kappa shape index (κ1) is 19.2. The third-order valence-corrected chi connectivity index (χ3v) is 5.43. The zero-order chi connectivity index (χ0) is 20.2. The second-order valence-corrected chi connectivity index (χ2v) is 7.65. The molecule has 6 heteroatoms. The number of rotatable bonds is 5. The second kappa shape index (κ2) is 8.49. The first-order chi connectivity index (χ1) is 14.1. The van der Waals surface area contributed by atoms with Gasteiger partial charge in [0.2, 0.25) is 5.95 Å². The molecule has 4 rings (SSSR count). The molecule has 0 saturated carbocycles. The molecule has 0 spiro atoms. The van der Waals surface area contributed by atoms with Gasteiger partial charge in [-0.05, 0) is 74.5 Å².